The lowest BCUT2D eigenvalue weighted by molar-refractivity contribution is -0.117. The fourth-order valence-corrected chi connectivity index (χ4v) is 2.31. The number of carbonyl (C=O) groups excluding carboxylic acids is 1. The Balaban J connectivity index is 1.89. The van der Waals surface area contributed by atoms with Crippen molar-refractivity contribution in [3.63, 3.8) is 0 Å². The van der Waals surface area contributed by atoms with E-state index >= 15 is 0 Å². The van der Waals surface area contributed by atoms with Gasteiger partial charge in [-0.25, -0.2) is 0 Å². The zero-order valence-corrected chi connectivity index (χ0v) is 13.1. The van der Waals surface area contributed by atoms with Crippen molar-refractivity contribution in [1.82, 2.24) is 14.7 Å². The third kappa shape index (κ3) is 4.43. The molecule has 1 aromatic carbocycles. The molecule has 0 aliphatic carbocycles. The van der Waals surface area contributed by atoms with E-state index in [1.54, 1.807) is 4.68 Å². The van der Waals surface area contributed by atoms with Gasteiger partial charge in [0.25, 0.3) is 0 Å². The lowest BCUT2D eigenvalue weighted by Gasteiger charge is -2.16. The van der Waals surface area contributed by atoms with Gasteiger partial charge in [-0.05, 0) is 32.5 Å². The number of likely N-dealkylation sites (N-methyl/N-ethyl adjacent to an activating group) is 1. The molecule has 2 rings (SSSR count). The number of hydrogen-bond donors (Lipinski definition) is 1. The van der Waals surface area contributed by atoms with E-state index < -0.39 is 0 Å². The van der Waals surface area contributed by atoms with Gasteiger partial charge >= 0.3 is 0 Å². The Kier molecular flexibility index (Phi) is 4.75. The third-order valence-corrected chi connectivity index (χ3v) is 3.28. The van der Waals surface area contributed by atoms with Crippen LogP contribution >= 0.6 is 0 Å². The first kappa shape index (κ1) is 15.3. The highest BCUT2D eigenvalue weighted by Gasteiger charge is 2.09. The Morgan fingerprint density at radius 3 is 2.76 bits per heavy atom. The number of benzene rings is 1. The molecule has 0 fully saturated rings. The molecular weight excluding hydrogens is 264 g/mol. The van der Waals surface area contributed by atoms with E-state index in [9.17, 15) is 4.79 Å². The second-order valence-electron chi connectivity index (χ2n) is 5.56. The van der Waals surface area contributed by atoms with Crippen LogP contribution in [0, 0.1) is 13.8 Å². The van der Waals surface area contributed by atoms with Crippen molar-refractivity contribution in [3.05, 3.63) is 47.3 Å². The minimum Gasteiger partial charge on any atom is -0.325 e. The Morgan fingerprint density at radius 2 is 2.14 bits per heavy atom. The first-order chi connectivity index (χ1) is 9.94. The van der Waals surface area contributed by atoms with Crippen LogP contribution in [-0.2, 0) is 18.4 Å². The predicted octanol–water partition coefficient (Wildman–Crippen LogP) is 2.11. The third-order valence-electron chi connectivity index (χ3n) is 3.28. The van der Waals surface area contributed by atoms with Crippen LogP contribution in [0.5, 0.6) is 0 Å². The SMILES string of the molecule is Cc1ccc(NC(=O)CN(C)Cc2cnn(C)c2)c(C)c1. The lowest BCUT2D eigenvalue weighted by atomic mass is 10.1. The van der Waals surface area contributed by atoms with Gasteiger partial charge in [0.05, 0.1) is 12.7 Å². The Labute approximate surface area is 125 Å². The van der Waals surface area contributed by atoms with Crippen LogP contribution in [0.1, 0.15) is 16.7 Å². The first-order valence-corrected chi connectivity index (χ1v) is 6.97. The van der Waals surface area contributed by atoms with Gasteiger partial charge in [0.1, 0.15) is 0 Å². The van der Waals surface area contributed by atoms with Gasteiger partial charge in [-0.15, -0.1) is 0 Å². The van der Waals surface area contributed by atoms with Gasteiger partial charge in [-0.2, -0.15) is 5.10 Å². The van der Waals surface area contributed by atoms with Gasteiger partial charge < -0.3 is 5.32 Å². The minimum atomic E-state index is -0.00616. The van der Waals surface area contributed by atoms with Crippen LogP contribution in [0.25, 0.3) is 0 Å². The summed E-state index contributed by atoms with van der Waals surface area (Å²) in [7, 11) is 3.81. The fourth-order valence-electron chi connectivity index (χ4n) is 2.31. The maximum Gasteiger partial charge on any atom is 0.238 e. The van der Waals surface area contributed by atoms with E-state index in [1.165, 1.54) is 5.56 Å². The van der Waals surface area contributed by atoms with Crippen LogP contribution in [0.2, 0.25) is 0 Å². The van der Waals surface area contributed by atoms with Crippen molar-refractivity contribution in [2.24, 2.45) is 7.05 Å². The van der Waals surface area contributed by atoms with Crippen LogP contribution < -0.4 is 5.32 Å². The van der Waals surface area contributed by atoms with Crippen molar-refractivity contribution in [3.8, 4) is 0 Å². The van der Waals surface area contributed by atoms with E-state index in [4.69, 9.17) is 0 Å². The molecule has 5 heteroatoms. The topological polar surface area (TPSA) is 50.2 Å². The summed E-state index contributed by atoms with van der Waals surface area (Å²) in [6.45, 7) is 5.10. The molecule has 0 spiro atoms. The largest absolute Gasteiger partial charge is 0.325 e. The first-order valence-electron chi connectivity index (χ1n) is 6.97. The molecule has 1 aromatic heterocycles. The van der Waals surface area contributed by atoms with Crippen LogP contribution in [0.4, 0.5) is 5.69 Å². The van der Waals surface area contributed by atoms with Gasteiger partial charge in [0, 0.05) is 31.0 Å². The van der Waals surface area contributed by atoms with Gasteiger partial charge in [0.15, 0.2) is 0 Å². The summed E-state index contributed by atoms with van der Waals surface area (Å²) in [5, 5.41) is 7.08. The molecule has 1 amide bonds. The van der Waals surface area contributed by atoms with E-state index in [0.717, 1.165) is 16.8 Å². The molecule has 5 nitrogen and oxygen atoms in total. The highest BCUT2D eigenvalue weighted by molar-refractivity contribution is 5.92. The lowest BCUT2D eigenvalue weighted by Crippen LogP contribution is -2.29. The number of nitrogens with zero attached hydrogens (tertiary/aromatic N) is 3. The monoisotopic (exact) mass is 286 g/mol. The van der Waals surface area contributed by atoms with Crippen LogP contribution in [-0.4, -0.2) is 34.2 Å². The normalized spacial score (nSPS) is 10.9. The zero-order valence-electron chi connectivity index (χ0n) is 13.1. The fraction of sp³-hybridized carbons (Fsp3) is 0.375. The van der Waals surface area contributed by atoms with Crippen molar-refractivity contribution in [1.29, 1.82) is 0 Å². The van der Waals surface area contributed by atoms with E-state index in [-0.39, 0.29) is 5.91 Å². The maximum absolute atomic E-state index is 12.1. The summed E-state index contributed by atoms with van der Waals surface area (Å²) < 4.78 is 1.76. The molecule has 0 unspecified atom stereocenters. The zero-order chi connectivity index (χ0) is 15.4. The van der Waals surface area contributed by atoms with Gasteiger partial charge in [0.2, 0.25) is 5.91 Å². The standard InChI is InChI=1S/C16H22N4O/c1-12-5-6-15(13(2)7-12)18-16(21)11-19(3)9-14-8-17-20(4)10-14/h5-8,10H,9,11H2,1-4H3,(H,18,21). The smallest absolute Gasteiger partial charge is 0.238 e. The molecule has 112 valence electrons. The molecule has 0 aliphatic rings. The highest BCUT2D eigenvalue weighted by Crippen LogP contribution is 2.15. The number of amides is 1. The summed E-state index contributed by atoms with van der Waals surface area (Å²) in [4.78, 5) is 14.0. The average molecular weight is 286 g/mol. The van der Waals surface area contributed by atoms with E-state index in [2.05, 4.69) is 16.5 Å². The van der Waals surface area contributed by atoms with Crippen LogP contribution in [0.3, 0.4) is 0 Å². The molecule has 2 aromatic rings. The minimum absolute atomic E-state index is 0.00616. The van der Waals surface area contributed by atoms with Crippen molar-refractivity contribution < 1.29 is 4.79 Å². The Bertz CT molecular complexity index is 633. The Hall–Kier alpha value is -2.14. The summed E-state index contributed by atoms with van der Waals surface area (Å²) in [6, 6.07) is 6.01. The van der Waals surface area contributed by atoms with Gasteiger partial charge in [-0.3, -0.25) is 14.4 Å². The summed E-state index contributed by atoms with van der Waals surface area (Å²) in [5.41, 5.74) is 4.25. The number of anilines is 1. The molecule has 1 N–H and O–H groups in total. The predicted molar refractivity (Wildman–Crippen MR) is 84.1 cm³/mol. The van der Waals surface area contributed by atoms with Crippen LogP contribution in [0.15, 0.2) is 30.6 Å². The number of carbonyl (C=O) groups is 1. The van der Waals surface area contributed by atoms with Crippen molar-refractivity contribution >= 4 is 11.6 Å². The number of hydrogen-bond acceptors (Lipinski definition) is 3. The number of rotatable bonds is 5. The molecular formula is C16H22N4O. The molecule has 0 saturated heterocycles. The van der Waals surface area contributed by atoms with Crippen molar-refractivity contribution in [2.75, 3.05) is 18.9 Å². The molecule has 0 bridgehead atoms. The second kappa shape index (κ2) is 6.54. The summed E-state index contributed by atoms with van der Waals surface area (Å²) >= 11 is 0. The Morgan fingerprint density at radius 1 is 1.38 bits per heavy atom. The molecule has 0 radical (unpaired) electrons. The maximum atomic E-state index is 12.1. The summed E-state index contributed by atoms with van der Waals surface area (Å²) in [6.07, 6.45) is 3.77. The van der Waals surface area contributed by atoms with E-state index in [1.807, 2.05) is 57.4 Å². The quantitative estimate of drug-likeness (QED) is 0.916. The second-order valence-corrected chi connectivity index (χ2v) is 5.56. The number of nitrogens with one attached hydrogen (secondary N) is 1. The summed E-state index contributed by atoms with van der Waals surface area (Å²) in [5.74, 6) is -0.00616. The van der Waals surface area contributed by atoms with Crippen molar-refractivity contribution in [2.45, 2.75) is 20.4 Å². The molecule has 0 aliphatic heterocycles. The molecule has 1 heterocycles. The van der Waals surface area contributed by atoms with E-state index in [0.29, 0.717) is 13.1 Å². The molecule has 21 heavy (non-hydrogen) atoms. The number of aromatic nitrogens is 2. The molecule has 0 atom stereocenters. The average Bonchev–Trinajstić information content (AvgIpc) is 2.78. The molecule has 0 saturated carbocycles. The van der Waals surface area contributed by atoms with Gasteiger partial charge in [-0.1, -0.05) is 17.7 Å². The highest BCUT2D eigenvalue weighted by atomic mass is 16.2. The number of aryl methyl sites for hydroxylation is 3.